The van der Waals surface area contributed by atoms with E-state index in [2.05, 4.69) is 4.98 Å². The highest BCUT2D eigenvalue weighted by atomic mass is 16.5. The van der Waals surface area contributed by atoms with Crippen LogP contribution in [0, 0.1) is 6.92 Å². The molecule has 0 aliphatic heterocycles. The minimum absolute atomic E-state index is 0.191. The Bertz CT molecular complexity index is 819. The van der Waals surface area contributed by atoms with Gasteiger partial charge in [0.05, 0.1) is 12.8 Å². The summed E-state index contributed by atoms with van der Waals surface area (Å²) in [5, 5.41) is 9.37. The summed E-state index contributed by atoms with van der Waals surface area (Å²) in [4.78, 5) is 15.7. The number of carboxylic acids is 1. The van der Waals surface area contributed by atoms with Crippen LogP contribution in [0.4, 0.5) is 0 Å². The summed E-state index contributed by atoms with van der Waals surface area (Å²) in [6.07, 6.45) is 3.69. The van der Waals surface area contributed by atoms with Crippen LogP contribution in [0.3, 0.4) is 0 Å². The second kappa shape index (κ2) is 4.94. The zero-order valence-corrected chi connectivity index (χ0v) is 11.7. The molecule has 0 radical (unpaired) electrons. The average molecular weight is 282 g/mol. The van der Waals surface area contributed by atoms with Crippen molar-refractivity contribution in [3.05, 3.63) is 54.0 Å². The van der Waals surface area contributed by atoms with Gasteiger partial charge in [-0.15, -0.1) is 0 Å². The van der Waals surface area contributed by atoms with E-state index in [1.807, 2.05) is 43.6 Å². The van der Waals surface area contributed by atoms with E-state index >= 15 is 0 Å². The molecule has 3 rings (SSSR count). The minimum atomic E-state index is -0.985. The molecule has 5 nitrogen and oxygen atoms in total. The van der Waals surface area contributed by atoms with Crippen LogP contribution in [0.5, 0.6) is 5.75 Å². The molecule has 0 amide bonds. The largest absolute Gasteiger partial charge is 0.497 e. The Labute approximate surface area is 121 Å². The first-order valence-corrected chi connectivity index (χ1v) is 6.45. The maximum absolute atomic E-state index is 11.4. The standard InChI is InChI=1S/C16H14N2O3/c1-10-8-18-9-12(7-14(16(19)20)15(18)17-10)11-3-5-13(21-2)6-4-11/h3-9H,1-2H3,(H,19,20). The van der Waals surface area contributed by atoms with Crippen LogP contribution in [0.15, 0.2) is 42.7 Å². The fourth-order valence-electron chi connectivity index (χ4n) is 2.32. The maximum Gasteiger partial charge on any atom is 0.339 e. The number of ether oxygens (including phenoxy) is 1. The summed E-state index contributed by atoms with van der Waals surface area (Å²) in [7, 11) is 1.61. The van der Waals surface area contributed by atoms with Crippen LogP contribution in [-0.4, -0.2) is 27.6 Å². The quantitative estimate of drug-likeness (QED) is 0.802. The molecule has 0 bridgehead atoms. The van der Waals surface area contributed by atoms with E-state index in [0.717, 1.165) is 22.6 Å². The summed E-state index contributed by atoms with van der Waals surface area (Å²) in [6, 6.07) is 9.13. The molecule has 0 atom stereocenters. The van der Waals surface area contributed by atoms with Crippen LogP contribution < -0.4 is 4.74 Å². The number of aromatic carboxylic acids is 1. The average Bonchev–Trinajstić information content (AvgIpc) is 2.86. The second-order valence-electron chi connectivity index (χ2n) is 4.79. The lowest BCUT2D eigenvalue weighted by Crippen LogP contribution is -2.01. The lowest BCUT2D eigenvalue weighted by atomic mass is 10.1. The molecule has 0 spiro atoms. The molecule has 0 unspecified atom stereocenters. The van der Waals surface area contributed by atoms with Crippen molar-refractivity contribution >= 4 is 11.6 Å². The van der Waals surface area contributed by atoms with E-state index in [1.165, 1.54) is 0 Å². The molecule has 0 aliphatic carbocycles. The van der Waals surface area contributed by atoms with Gasteiger partial charge in [-0.05, 0) is 36.2 Å². The molecule has 2 heterocycles. The van der Waals surface area contributed by atoms with Crippen LogP contribution in [-0.2, 0) is 0 Å². The molecule has 106 valence electrons. The number of hydrogen-bond acceptors (Lipinski definition) is 3. The number of benzene rings is 1. The van der Waals surface area contributed by atoms with Gasteiger partial charge in [0.15, 0.2) is 5.65 Å². The van der Waals surface area contributed by atoms with E-state index in [0.29, 0.717) is 5.65 Å². The van der Waals surface area contributed by atoms with Gasteiger partial charge in [0.1, 0.15) is 11.3 Å². The molecule has 2 aromatic heterocycles. The van der Waals surface area contributed by atoms with Gasteiger partial charge >= 0.3 is 5.97 Å². The zero-order chi connectivity index (χ0) is 15.0. The number of carboxylic acid groups (broad SMARTS) is 1. The molecule has 0 saturated carbocycles. The van der Waals surface area contributed by atoms with Crippen molar-refractivity contribution in [2.45, 2.75) is 6.92 Å². The second-order valence-corrected chi connectivity index (χ2v) is 4.79. The third-order valence-electron chi connectivity index (χ3n) is 3.33. The highest BCUT2D eigenvalue weighted by Crippen LogP contribution is 2.25. The molecule has 0 aliphatic rings. The number of fused-ring (bicyclic) bond motifs is 1. The molecule has 0 fully saturated rings. The molecule has 1 aromatic carbocycles. The SMILES string of the molecule is COc1ccc(-c2cc(C(=O)O)c3nc(C)cn3c2)cc1. The molecule has 0 saturated heterocycles. The van der Waals surface area contributed by atoms with E-state index in [4.69, 9.17) is 4.74 Å². The van der Waals surface area contributed by atoms with Crippen molar-refractivity contribution in [2.75, 3.05) is 7.11 Å². The number of carbonyl (C=O) groups is 1. The highest BCUT2D eigenvalue weighted by Gasteiger charge is 2.14. The van der Waals surface area contributed by atoms with Gasteiger partial charge in [0.25, 0.3) is 0 Å². The Hall–Kier alpha value is -2.82. The van der Waals surface area contributed by atoms with Crippen molar-refractivity contribution in [2.24, 2.45) is 0 Å². The Morgan fingerprint density at radius 2 is 1.90 bits per heavy atom. The predicted molar refractivity (Wildman–Crippen MR) is 78.9 cm³/mol. The van der Waals surface area contributed by atoms with Gasteiger partial charge in [-0.3, -0.25) is 0 Å². The van der Waals surface area contributed by atoms with E-state index in [9.17, 15) is 9.90 Å². The fourth-order valence-corrected chi connectivity index (χ4v) is 2.32. The monoisotopic (exact) mass is 282 g/mol. The molecular formula is C16H14N2O3. The van der Waals surface area contributed by atoms with Gasteiger partial charge in [-0.2, -0.15) is 0 Å². The van der Waals surface area contributed by atoms with Gasteiger partial charge < -0.3 is 14.2 Å². The summed E-state index contributed by atoms with van der Waals surface area (Å²) in [5.74, 6) is -0.224. The van der Waals surface area contributed by atoms with Crippen molar-refractivity contribution in [3.8, 4) is 16.9 Å². The first-order valence-electron chi connectivity index (χ1n) is 6.45. The first kappa shape index (κ1) is 13.2. The number of pyridine rings is 1. The third-order valence-corrected chi connectivity index (χ3v) is 3.33. The smallest absolute Gasteiger partial charge is 0.339 e. The van der Waals surface area contributed by atoms with Crippen LogP contribution in [0.25, 0.3) is 16.8 Å². The topological polar surface area (TPSA) is 63.8 Å². The Morgan fingerprint density at radius 3 is 2.52 bits per heavy atom. The zero-order valence-electron chi connectivity index (χ0n) is 11.7. The number of aryl methyl sites for hydroxylation is 1. The van der Waals surface area contributed by atoms with E-state index in [-0.39, 0.29) is 5.56 Å². The summed E-state index contributed by atoms with van der Waals surface area (Å²) in [5.41, 5.74) is 3.17. The number of imidazole rings is 1. The van der Waals surface area contributed by atoms with Crippen molar-refractivity contribution in [3.63, 3.8) is 0 Å². The number of nitrogens with zero attached hydrogens (tertiary/aromatic N) is 2. The summed E-state index contributed by atoms with van der Waals surface area (Å²) < 4.78 is 6.88. The Kier molecular flexibility index (Phi) is 3.10. The van der Waals surface area contributed by atoms with Gasteiger partial charge in [-0.1, -0.05) is 12.1 Å². The molecule has 3 aromatic rings. The van der Waals surface area contributed by atoms with Crippen molar-refractivity contribution in [1.82, 2.24) is 9.38 Å². The molecular weight excluding hydrogens is 268 g/mol. The molecule has 21 heavy (non-hydrogen) atoms. The van der Waals surface area contributed by atoms with Gasteiger partial charge in [-0.25, -0.2) is 9.78 Å². The third kappa shape index (κ3) is 2.33. The highest BCUT2D eigenvalue weighted by molar-refractivity contribution is 5.96. The summed E-state index contributed by atoms with van der Waals surface area (Å²) >= 11 is 0. The summed E-state index contributed by atoms with van der Waals surface area (Å²) in [6.45, 7) is 1.84. The predicted octanol–water partition coefficient (Wildman–Crippen LogP) is 3.02. The first-order chi connectivity index (χ1) is 10.1. The van der Waals surface area contributed by atoms with Crippen molar-refractivity contribution < 1.29 is 14.6 Å². The lowest BCUT2D eigenvalue weighted by Gasteiger charge is -2.07. The Balaban J connectivity index is 2.19. The van der Waals surface area contributed by atoms with Crippen LogP contribution in [0.1, 0.15) is 16.1 Å². The minimum Gasteiger partial charge on any atom is -0.497 e. The van der Waals surface area contributed by atoms with E-state index < -0.39 is 5.97 Å². The van der Waals surface area contributed by atoms with Crippen LogP contribution in [0.2, 0.25) is 0 Å². The molecule has 5 heteroatoms. The number of hydrogen-bond donors (Lipinski definition) is 1. The lowest BCUT2D eigenvalue weighted by molar-refractivity contribution is 0.0698. The number of aromatic nitrogens is 2. The fraction of sp³-hybridized carbons (Fsp3) is 0.125. The number of methoxy groups -OCH3 is 1. The number of rotatable bonds is 3. The normalized spacial score (nSPS) is 10.8. The van der Waals surface area contributed by atoms with Crippen molar-refractivity contribution in [1.29, 1.82) is 0 Å². The Morgan fingerprint density at radius 1 is 1.19 bits per heavy atom. The van der Waals surface area contributed by atoms with Gasteiger partial charge in [0.2, 0.25) is 0 Å². The van der Waals surface area contributed by atoms with E-state index in [1.54, 1.807) is 17.6 Å². The molecule has 1 N–H and O–H groups in total. The van der Waals surface area contributed by atoms with Crippen LogP contribution >= 0.6 is 0 Å². The van der Waals surface area contributed by atoms with Gasteiger partial charge in [0, 0.05) is 12.4 Å². The maximum atomic E-state index is 11.4.